The number of carbonyl (C=O) groups is 1. The van der Waals surface area contributed by atoms with Gasteiger partial charge in [0.2, 0.25) is 5.91 Å². The molecule has 2 rings (SSSR count). The maximum atomic E-state index is 11.3. The van der Waals surface area contributed by atoms with E-state index in [4.69, 9.17) is 5.73 Å². The first-order valence-electron chi connectivity index (χ1n) is 4.78. The number of nitrogens with one attached hydrogen (secondary N) is 1. The Morgan fingerprint density at radius 2 is 2.17 bits per heavy atom. The molecule has 2 aliphatic carbocycles. The molecule has 0 aromatic heterocycles. The molecular weight excluding hydrogens is 152 g/mol. The van der Waals surface area contributed by atoms with Gasteiger partial charge in [-0.05, 0) is 25.2 Å². The Kier molecular flexibility index (Phi) is 1.83. The van der Waals surface area contributed by atoms with Gasteiger partial charge in [0.15, 0.2) is 0 Å². The third-order valence-electron chi connectivity index (χ3n) is 2.78. The van der Waals surface area contributed by atoms with Crippen LogP contribution in [0.3, 0.4) is 0 Å². The first-order chi connectivity index (χ1) is 5.71. The average molecular weight is 168 g/mol. The van der Waals surface area contributed by atoms with Gasteiger partial charge in [0.1, 0.15) is 0 Å². The van der Waals surface area contributed by atoms with Crippen LogP contribution in [0.2, 0.25) is 0 Å². The van der Waals surface area contributed by atoms with Crippen LogP contribution in [0.15, 0.2) is 0 Å². The number of carbonyl (C=O) groups excluding carboxylic acids is 1. The van der Waals surface area contributed by atoms with E-state index in [0.717, 1.165) is 31.7 Å². The number of rotatable bonds is 4. The van der Waals surface area contributed by atoms with Gasteiger partial charge in [-0.15, -0.1) is 0 Å². The predicted molar refractivity (Wildman–Crippen MR) is 46.5 cm³/mol. The molecule has 2 fully saturated rings. The van der Waals surface area contributed by atoms with Crippen molar-refractivity contribution in [3.05, 3.63) is 0 Å². The van der Waals surface area contributed by atoms with Crippen molar-refractivity contribution in [2.75, 3.05) is 6.54 Å². The van der Waals surface area contributed by atoms with Crippen LogP contribution in [0.1, 0.15) is 32.1 Å². The Hall–Kier alpha value is -0.570. The molecule has 0 heterocycles. The molecule has 0 radical (unpaired) electrons. The Morgan fingerprint density at radius 3 is 2.67 bits per heavy atom. The van der Waals surface area contributed by atoms with Crippen LogP contribution in [0.5, 0.6) is 0 Å². The van der Waals surface area contributed by atoms with E-state index in [0.29, 0.717) is 0 Å². The number of amides is 1. The van der Waals surface area contributed by atoms with Crippen molar-refractivity contribution in [3.8, 4) is 0 Å². The first kappa shape index (κ1) is 8.05. The van der Waals surface area contributed by atoms with Crippen LogP contribution in [-0.4, -0.2) is 18.0 Å². The minimum Gasteiger partial charge on any atom is -0.354 e. The Morgan fingerprint density at radius 1 is 1.50 bits per heavy atom. The molecule has 0 unspecified atom stereocenters. The van der Waals surface area contributed by atoms with E-state index in [1.54, 1.807) is 0 Å². The highest BCUT2D eigenvalue weighted by Crippen LogP contribution is 2.33. The lowest BCUT2D eigenvalue weighted by atomic mass is 10.2. The molecule has 2 saturated carbocycles. The molecule has 0 aliphatic heterocycles. The van der Waals surface area contributed by atoms with Crippen molar-refractivity contribution < 1.29 is 4.79 Å². The Balaban J connectivity index is 1.62. The molecule has 1 amide bonds. The molecule has 12 heavy (non-hydrogen) atoms. The second kappa shape index (κ2) is 2.73. The zero-order valence-corrected chi connectivity index (χ0v) is 7.31. The summed E-state index contributed by atoms with van der Waals surface area (Å²) in [5.41, 5.74) is 5.23. The predicted octanol–water partition coefficient (Wildman–Crippen LogP) is 0.394. The molecule has 3 N–H and O–H groups in total. The molecule has 68 valence electrons. The number of hydrogen-bond donors (Lipinski definition) is 2. The summed E-state index contributed by atoms with van der Waals surface area (Å²) >= 11 is 0. The summed E-state index contributed by atoms with van der Waals surface area (Å²) in [7, 11) is 0. The quantitative estimate of drug-likeness (QED) is 0.638. The van der Waals surface area contributed by atoms with E-state index >= 15 is 0 Å². The van der Waals surface area contributed by atoms with Crippen LogP contribution < -0.4 is 11.1 Å². The van der Waals surface area contributed by atoms with Gasteiger partial charge in [-0.1, -0.05) is 12.8 Å². The molecule has 2 aliphatic rings. The molecular formula is C9H16N2O. The average Bonchev–Trinajstić information content (AvgIpc) is 2.86. The highest BCUT2D eigenvalue weighted by atomic mass is 16.2. The number of nitrogens with two attached hydrogens (primary N) is 1. The summed E-state index contributed by atoms with van der Waals surface area (Å²) in [6.45, 7) is 0.822. The molecule has 0 aromatic rings. The van der Waals surface area contributed by atoms with Crippen molar-refractivity contribution >= 4 is 5.91 Å². The van der Waals surface area contributed by atoms with Gasteiger partial charge in [0, 0.05) is 6.54 Å². The highest BCUT2D eigenvalue weighted by molar-refractivity contribution is 5.88. The third kappa shape index (κ3) is 1.78. The fourth-order valence-electron chi connectivity index (χ4n) is 1.33. The van der Waals surface area contributed by atoms with E-state index in [1.165, 1.54) is 12.8 Å². The molecule has 0 spiro atoms. The minimum absolute atomic E-state index is 0.0585. The molecule has 3 heteroatoms. The lowest BCUT2D eigenvalue weighted by molar-refractivity contribution is -0.123. The van der Waals surface area contributed by atoms with E-state index < -0.39 is 5.54 Å². The van der Waals surface area contributed by atoms with Crippen LogP contribution in [0.25, 0.3) is 0 Å². The summed E-state index contributed by atoms with van der Waals surface area (Å²) in [5, 5.41) is 2.89. The summed E-state index contributed by atoms with van der Waals surface area (Å²) in [6.07, 6.45) is 5.57. The number of hydrogen-bond acceptors (Lipinski definition) is 2. The molecule has 0 aromatic carbocycles. The molecule has 0 saturated heterocycles. The van der Waals surface area contributed by atoms with E-state index in [9.17, 15) is 4.79 Å². The maximum absolute atomic E-state index is 11.3. The molecule has 0 atom stereocenters. The van der Waals surface area contributed by atoms with Crippen molar-refractivity contribution in [1.29, 1.82) is 0 Å². The lowest BCUT2D eigenvalue weighted by Gasteiger charge is -2.08. The summed E-state index contributed by atoms with van der Waals surface area (Å²) in [5.74, 6) is 0.946. The molecule has 3 nitrogen and oxygen atoms in total. The lowest BCUT2D eigenvalue weighted by Crippen LogP contribution is -2.43. The summed E-state index contributed by atoms with van der Waals surface area (Å²) in [4.78, 5) is 11.3. The van der Waals surface area contributed by atoms with Gasteiger partial charge in [0.05, 0.1) is 5.54 Å². The topological polar surface area (TPSA) is 55.1 Å². The SMILES string of the molecule is NC1(C(=O)NCCC2CC2)CC1. The van der Waals surface area contributed by atoms with Gasteiger partial charge < -0.3 is 11.1 Å². The monoisotopic (exact) mass is 168 g/mol. The fraction of sp³-hybridized carbons (Fsp3) is 0.889. The normalized spacial score (nSPS) is 25.1. The smallest absolute Gasteiger partial charge is 0.240 e. The summed E-state index contributed by atoms with van der Waals surface area (Å²) in [6, 6.07) is 0. The van der Waals surface area contributed by atoms with Crippen LogP contribution in [0.4, 0.5) is 0 Å². The zero-order valence-electron chi connectivity index (χ0n) is 7.31. The first-order valence-corrected chi connectivity index (χ1v) is 4.78. The van der Waals surface area contributed by atoms with E-state index in [1.807, 2.05) is 0 Å². The second-order valence-corrected chi connectivity index (χ2v) is 4.14. The second-order valence-electron chi connectivity index (χ2n) is 4.14. The zero-order chi connectivity index (χ0) is 8.60. The largest absolute Gasteiger partial charge is 0.354 e. The van der Waals surface area contributed by atoms with Gasteiger partial charge in [0.25, 0.3) is 0 Å². The fourth-order valence-corrected chi connectivity index (χ4v) is 1.33. The van der Waals surface area contributed by atoms with Crippen molar-refractivity contribution in [1.82, 2.24) is 5.32 Å². The van der Waals surface area contributed by atoms with E-state index in [-0.39, 0.29) is 5.91 Å². The Labute approximate surface area is 72.7 Å². The minimum atomic E-state index is -0.483. The van der Waals surface area contributed by atoms with Crippen molar-refractivity contribution in [2.24, 2.45) is 11.7 Å². The van der Waals surface area contributed by atoms with Gasteiger partial charge in [-0.25, -0.2) is 0 Å². The van der Waals surface area contributed by atoms with Crippen molar-refractivity contribution in [3.63, 3.8) is 0 Å². The van der Waals surface area contributed by atoms with Crippen LogP contribution in [-0.2, 0) is 4.79 Å². The van der Waals surface area contributed by atoms with Crippen LogP contribution in [0, 0.1) is 5.92 Å². The van der Waals surface area contributed by atoms with Crippen LogP contribution >= 0.6 is 0 Å². The standard InChI is InChI=1S/C9H16N2O/c10-9(4-5-9)8(12)11-6-3-7-1-2-7/h7H,1-6,10H2,(H,11,12). The summed E-state index contributed by atoms with van der Waals surface area (Å²) < 4.78 is 0. The molecule has 0 bridgehead atoms. The highest BCUT2D eigenvalue weighted by Gasteiger charge is 2.45. The third-order valence-corrected chi connectivity index (χ3v) is 2.78. The van der Waals surface area contributed by atoms with Gasteiger partial charge in [-0.2, -0.15) is 0 Å². The van der Waals surface area contributed by atoms with Crippen molar-refractivity contribution in [2.45, 2.75) is 37.6 Å². The maximum Gasteiger partial charge on any atom is 0.240 e. The van der Waals surface area contributed by atoms with E-state index in [2.05, 4.69) is 5.32 Å². The van der Waals surface area contributed by atoms with Gasteiger partial charge in [-0.3, -0.25) is 4.79 Å². The van der Waals surface area contributed by atoms with Gasteiger partial charge >= 0.3 is 0 Å². The Bertz CT molecular complexity index is 195.